The van der Waals surface area contributed by atoms with Crippen molar-refractivity contribution in [3.05, 3.63) is 35.4 Å². The van der Waals surface area contributed by atoms with Gasteiger partial charge < -0.3 is 10.0 Å². The zero-order valence-corrected chi connectivity index (χ0v) is 11.6. The summed E-state index contributed by atoms with van der Waals surface area (Å²) < 4.78 is 0. The zero-order valence-electron chi connectivity index (χ0n) is 11.6. The number of carbonyl (C=O) groups excluding carboxylic acids is 1. The molecular weight excluding hydrogens is 242 g/mol. The van der Waals surface area contributed by atoms with E-state index in [1.165, 1.54) is 5.56 Å². The van der Waals surface area contributed by atoms with Crippen LogP contribution >= 0.6 is 0 Å². The van der Waals surface area contributed by atoms with E-state index in [0.29, 0.717) is 25.9 Å². The predicted octanol–water partition coefficient (Wildman–Crippen LogP) is 2.60. The molecule has 0 atom stereocenters. The van der Waals surface area contributed by atoms with E-state index in [0.717, 1.165) is 5.56 Å². The maximum Gasteiger partial charge on any atom is 0.303 e. The van der Waals surface area contributed by atoms with Gasteiger partial charge in [0.1, 0.15) is 0 Å². The Labute approximate surface area is 114 Å². The quantitative estimate of drug-likeness (QED) is 0.822. The summed E-state index contributed by atoms with van der Waals surface area (Å²) >= 11 is 0. The number of nitrogens with zero attached hydrogens (tertiary/aromatic N) is 1. The summed E-state index contributed by atoms with van der Waals surface area (Å²) in [6.07, 6.45) is 0.748. The van der Waals surface area contributed by atoms with Gasteiger partial charge in [-0.05, 0) is 25.8 Å². The van der Waals surface area contributed by atoms with Crippen molar-refractivity contribution in [2.45, 2.75) is 39.7 Å². The lowest BCUT2D eigenvalue weighted by atomic mass is 10.1. The molecule has 1 aromatic rings. The minimum Gasteiger partial charge on any atom is -0.481 e. The Hall–Kier alpha value is -1.84. The van der Waals surface area contributed by atoms with Crippen molar-refractivity contribution in [2.75, 3.05) is 6.54 Å². The molecule has 0 aliphatic carbocycles. The fraction of sp³-hybridized carbons (Fsp3) is 0.467. The van der Waals surface area contributed by atoms with Crippen LogP contribution in [0.15, 0.2) is 24.3 Å². The molecular formula is C15H21NO3. The molecule has 0 saturated heterocycles. The fourth-order valence-electron chi connectivity index (χ4n) is 1.96. The van der Waals surface area contributed by atoms with Crippen LogP contribution in [0.3, 0.4) is 0 Å². The summed E-state index contributed by atoms with van der Waals surface area (Å²) in [6, 6.07) is 8.06. The molecule has 4 heteroatoms. The first-order valence-corrected chi connectivity index (χ1v) is 6.58. The summed E-state index contributed by atoms with van der Waals surface area (Å²) in [5.41, 5.74) is 2.28. The standard InChI is InChI=1S/C15H21NO3/c1-3-16(14(17)8-5-9-15(18)19)11-13-7-4-6-12(2)10-13/h4,6-7,10H,3,5,8-9,11H2,1-2H3,(H,18,19). The van der Waals surface area contributed by atoms with Crippen LogP contribution in [0.25, 0.3) is 0 Å². The van der Waals surface area contributed by atoms with Crippen molar-refractivity contribution in [1.29, 1.82) is 0 Å². The Balaban J connectivity index is 2.52. The topological polar surface area (TPSA) is 57.6 Å². The lowest BCUT2D eigenvalue weighted by Gasteiger charge is -2.21. The summed E-state index contributed by atoms with van der Waals surface area (Å²) in [6.45, 7) is 5.18. The number of carbonyl (C=O) groups is 2. The average Bonchev–Trinajstić information content (AvgIpc) is 2.35. The van der Waals surface area contributed by atoms with Crippen molar-refractivity contribution < 1.29 is 14.7 Å². The lowest BCUT2D eigenvalue weighted by Crippen LogP contribution is -2.30. The number of carboxylic acids is 1. The molecule has 0 bridgehead atoms. The molecule has 0 unspecified atom stereocenters. The van der Waals surface area contributed by atoms with E-state index in [1.807, 2.05) is 32.0 Å². The van der Waals surface area contributed by atoms with Crippen LogP contribution in [0.2, 0.25) is 0 Å². The van der Waals surface area contributed by atoms with Gasteiger partial charge in [-0.1, -0.05) is 29.8 Å². The first kappa shape index (κ1) is 15.2. The third-order valence-corrected chi connectivity index (χ3v) is 2.97. The van der Waals surface area contributed by atoms with Gasteiger partial charge in [-0.3, -0.25) is 9.59 Å². The number of hydrogen-bond acceptors (Lipinski definition) is 2. The van der Waals surface area contributed by atoms with Gasteiger partial charge in [0.2, 0.25) is 5.91 Å². The monoisotopic (exact) mass is 263 g/mol. The lowest BCUT2D eigenvalue weighted by molar-refractivity contribution is -0.137. The summed E-state index contributed by atoms with van der Waals surface area (Å²) in [5.74, 6) is -0.834. The van der Waals surface area contributed by atoms with Gasteiger partial charge in [0.15, 0.2) is 0 Å². The molecule has 104 valence electrons. The maximum atomic E-state index is 12.0. The van der Waals surface area contributed by atoms with Crippen LogP contribution in [0, 0.1) is 6.92 Å². The minimum atomic E-state index is -0.852. The van der Waals surface area contributed by atoms with Gasteiger partial charge in [-0.25, -0.2) is 0 Å². The van der Waals surface area contributed by atoms with Crippen LogP contribution < -0.4 is 0 Å². The van der Waals surface area contributed by atoms with Gasteiger partial charge >= 0.3 is 5.97 Å². The second-order valence-corrected chi connectivity index (χ2v) is 4.64. The number of carboxylic acid groups (broad SMARTS) is 1. The number of aliphatic carboxylic acids is 1. The highest BCUT2D eigenvalue weighted by Crippen LogP contribution is 2.10. The van der Waals surface area contributed by atoms with Crippen molar-refractivity contribution in [2.24, 2.45) is 0 Å². The molecule has 0 aliphatic rings. The van der Waals surface area contributed by atoms with Crippen molar-refractivity contribution in [3.8, 4) is 0 Å². The Morgan fingerprint density at radius 3 is 2.58 bits per heavy atom. The van der Waals surface area contributed by atoms with E-state index < -0.39 is 5.97 Å². The molecule has 0 aliphatic heterocycles. The van der Waals surface area contributed by atoms with E-state index in [1.54, 1.807) is 4.90 Å². The molecule has 19 heavy (non-hydrogen) atoms. The van der Waals surface area contributed by atoms with Crippen molar-refractivity contribution in [3.63, 3.8) is 0 Å². The number of rotatable bonds is 7. The van der Waals surface area contributed by atoms with E-state index >= 15 is 0 Å². The average molecular weight is 263 g/mol. The van der Waals surface area contributed by atoms with E-state index in [9.17, 15) is 9.59 Å². The molecule has 1 N–H and O–H groups in total. The zero-order chi connectivity index (χ0) is 14.3. The fourth-order valence-corrected chi connectivity index (χ4v) is 1.96. The largest absolute Gasteiger partial charge is 0.481 e. The Bertz CT molecular complexity index is 443. The molecule has 1 rings (SSSR count). The Morgan fingerprint density at radius 1 is 1.26 bits per heavy atom. The summed E-state index contributed by atoms with van der Waals surface area (Å²) in [5, 5.41) is 8.56. The third kappa shape index (κ3) is 5.55. The molecule has 0 radical (unpaired) electrons. The van der Waals surface area contributed by atoms with Crippen molar-refractivity contribution in [1.82, 2.24) is 4.90 Å². The number of amides is 1. The number of aryl methyl sites for hydroxylation is 1. The molecule has 0 aromatic heterocycles. The Kier molecular flexibility index (Phi) is 6.06. The molecule has 0 heterocycles. The van der Waals surface area contributed by atoms with Gasteiger partial charge in [-0.15, -0.1) is 0 Å². The highest BCUT2D eigenvalue weighted by Gasteiger charge is 2.12. The molecule has 1 aromatic carbocycles. The SMILES string of the molecule is CCN(Cc1cccc(C)c1)C(=O)CCCC(=O)O. The molecule has 4 nitrogen and oxygen atoms in total. The van der Waals surface area contributed by atoms with Crippen LogP contribution in [-0.2, 0) is 16.1 Å². The predicted molar refractivity (Wildman–Crippen MR) is 73.8 cm³/mol. The molecule has 0 saturated carbocycles. The first-order valence-electron chi connectivity index (χ1n) is 6.58. The molecule has 0 fully saturated rings. The van der Waals surface area contributed by atoms with E-state index in [4.69, 9.17) is 5.11 Å². The van der Waals surface area contributed by atoms with Gasteiger partial charge in [0.05, 0.1) is 0 Å². The first-order chi connectivity index (χ1) is 9.02. The Morgan fingerprint density at radius 2 is 2.00 bits per heavy atom. The number of hydrogen-bond donors (Lipinski definition) is 1. The van der Waals surface area contributed by atoms with Crippen LogP contribution in [0.5, 0.6) is 0 Å². The van der Waals surface area contributed by atoms with Crippen LogP contribution in [0.1, 0.15) is 37.3 Å². The van der Waals surface area contributed by atoms with Crippen LogP contribution in [-0.4, -0.2) is 28.4 Å². The maximum absolute atomic E-state index is 12.0. The highest BCUT2D eigenvalue weighted by molar-refractivity contribution is 5.77. The summed E-state index contributed by atoms with van der Waals surface area (Å²) in [4.78, 5) is 24.2. The highest BCUT2D eigenvalue weighted by atomic mass is 16.4. The van der Waals surface area contributed by atoms with E-state index in [-0.39, 0.29) is 12.3 Å². The smallest absolute Gasteiger partial charge is 0.303 e. The van der Waals surface area contributed by atoms with Gasteiger partial charge in [-0.2, -0.15) is 0 Å². The minimum absolute atomic E-state index is 0.0188. The third-order valence-electron chi connectivity index (χ3n) is 2.97. The van der Waals surface area contributed by atoms with E-state index in [2.05, 4.69) is 6.07 Å². The van der Waals surface area contributed by atoms with Gasteiger partial charge in [0.25, 0.3) is 0 Å². The summed E-state index contributed by atoms with van der Waals surface area (Å²) in [7, 11) is 0. The molecule has 1 amide bonds. The van der Waals surface area contributed by atoms with Crippen LogP contribution in [0.4, 0.5) is 0 Å². The normalized spacial score (nSPS) is 10.2. The second kappa shape index (κ2) is 7.56. The molecule has 0 spiro atoms. The number of benzene rings is 1. The van der Waals surface area contributed by atoms with Gasteiger partial charge in [0, 0.05) is 25.9 Å². The van der Waals surface area contributed by atoms with Crippen molar-refractivity contribution >= 4 is 11.9 Å². The second-order valence-electron chi connectivity index (χ2n) is 4.64.